The molecule has 3 nitrogen and oxygen atoms in total. The maximum atomic E-state index is 14.0. The minimum Gasteiger partial charge on any atom is -0.343 e. The van der Waals surface area contributed by atoms with Gasteiger partial charge in [-0.05, 0) is 71.5 Å². The van der Waals surface area contributed by atoms with E-state index in [1.165, 1.54) is 24.3 Å². The molecule has 4 aromatic carbocycles. The van der Waals surface area contributed by atoms with Crippen LogP contribution in [0.15, 0.2) is 103 Å². The summed E-state index contributed by atoms with van der Waals surface area (Å²) < 4.78 is 28.0. The Balaban J connectivity index is 1.54. The van der Waals surface area contributed by atoms with E-state index >= 15 is 0 Å². The van der Waals surface area contributed by atoms with Gasteiger partial charge in [0.1, 0.15) is 11.6 Å². The maximum Gasteiger partial charge on any atom is 0.224 e. The highest BCUT2D eigenvalue weighted by Crippen LogP contribution is 2.44. The Morgan fingerprint density at radius 2 is 1.26 bits per heavy atom. The highest BCUT2D eigenvalue weighted by atomic mass is 35.5. The number of carbonyl (C=O) groups excluding carboxylic acids is 1. The van der Waals surface area contributed by atoms with Crippen molar-refractivity contribution >= 4 is 17.5 Å². The summed E-state index contributed by atoms with van der Waals surface area (Å²) in [4.78, 5) is 15.8. The number of piperidine rings is 1. The number of nitriles is 1. The van der Waals surface area contributed by atoms with Crippen molar-refractivity contribution in [3.8, 4) is 6.07 Å². The van der Waals surface area contributed by atoms with Gasteiger partial charge in [0, 0.05) is 24.5 Å². The number of hydrogen-bond acceptors (Lipinski definition) is 2. The van der Waals surface area contributed by atoms with Crippen LogP contribution in [-0.2, 0) is 15.6 Å². The van der Waals surface area contributed by atoms with Gasteiger partial charge in [0.2, 0.25) is 5.91 Å². The van der Waals surface area contributed by atoms with Gasteiger partial charge in [0.25, 0.3) is 0 Å². The van der Waals surface area contributed by atoms with Gasteiger partial charge in [-0.25, -0.2) is 8.78 Å². The predicted molar refractivity (Wildman–Crippen MR) is 148 cm³/mol. The number of rotatable bonds is 6. The van der Waals surface area contributed by atoms with Crippen LogP contribution in [-0.4, -0.2) is 23.9 Å². The first-order valence-electron chi connectivity index (χ1n) is 12.9. The summed E-state index contributed by atoms with van der Waals surface area (Å²) in [6.45, 7) is 0.871. The number of likely N-dealkylation sites (tertiary alicyclic amines) is 1. The molecule has 5 rings (SSSR count). The third-order valence-electron chi connectivity index (χ3n) is 7.94. The van der Waals surface area contributed by atoms with Crippen molar-refractivity contribution < 1.29 is 13.6 Å². The minimum atomic E-state index is -1.02. The second-order valence-corrected chi connectivity index (χ2v) is 10.5. The van der Waals surface area contributed by atoms with Crippen molar-refractivity contribution in [2.75, 3.05) is 13.1 Å². The molecule has 0 atom stereocenters. The van der Waals surface area contributed by atoms with Crippen molar-refractivity contribution in [1.29, 1.82) is 5.26 Å². The van der Waals surface area contributed by atoms with Gasteiger partial charge in [-0.1, -0.05) is 78.3 Å². The van der Waals surface area contributed by atoms with Crippen LogP contribution in [0, 0.1) is 23.0 Å². The lowest BCUT2D eigenvalue weighted by Crippen LogP contribution is -2.47. The SMILES string of the molecule is N#CC1(c2ccccc2)CCN(C(=O)CC(c2ccc(F)cc2)(c2ccc(F)cc2)c2ccc(Cl)cc2)CC1. The molecule has 0 N–H and O–H groups in total. The van der Waals surface area contributed by atoms with Crippen molar-refractivity contribution in [3.05, 3.63) is 142 Å². The molecule has 196 valence electrons. The van der Waals surface area contributed by atoms with Crippen molar-refractivity contribution in [1.82, 2.24) is 4.90 Å². The van der Waals surface area contributed by atoms with Crippen molar-refractivity contribution in [2.45, 2.75) is 30.1 Å². The first kappa shape index (κ1) is 26.6. The zero-order chi connectivity index (χ0) is 27.5. The summed E-state index contributed by atoms with van der Waals surface area (Å²) in [6.07, 6.45) is 1.09. The number of amides is 1. The highest BCUT2D eigenvalue weighted by Gasteiger charge is 2.42. The van der Waals surface area contributed by atoms with E-state index in [1.807, 2.05) is 42.5 Å². The maximum absolute atomic E-state index is 14.0. The quantitative estimate of drug-likeness (QED) is 0.239. The topological polar surface area (TPSA) is 44.1 Å². The summed E-state index contributed by atoms with van der Waals surface area (Å²) in [5.41, 5.74) is 1.50. The molecule has 1 aliphatic rings. The fraction of sp³-hybridized carbons (Fsp3) is 0.212. The molecule has 0 saturated carbocycles. The van der Waals surface area contributed by atoms with Crippen LogP contribution < -0.4 is 0 Å². The van der Waals surface area contributed by atoms with Crippen LogP contribution in [0.25, 0.3) is 0 Å². The first-order valence-corrected chi connectivity index (χ1v) is 13.3. The molecule has 1 heterocycles. The molecule has 0 aromatic heterocycles. The molecule has 0 unspecified atom stereocenters. The molecule has 39 heavy (non-hydrogen) atoms. The van der Waals surface area contributed by atoms with Crippen LogP contribution in [0.1, 0.15) is 41.5 Å². The number of nitrogens with zero attached hydrogens (tertiary/aromatic N) is 2. The Bertz CT molecular complexity index is 1360. The number of benzene rings is 4. The van der Waals surface area contributed by atoms with Crippen LogP contribution in [0.4, 0.5) is 8.78 Å². The lowest BCUT2D eigenvalue weighted by atomic mass is 9.67. The van der Waals surface area contributed by atoms with E-state index in [2.05, 4.69) is 6.07 Å². The first-order chi connectivity index (χ1) is 18.9. The van der Waals surface area contributed by atoms with Gasteiger partial charge >= 0.3 is 0 Å². The fourth-order valence-corrected chi connectivity index (χ4v) is 5.83. The molecule has 1 fully saturated rings. The van der Waals surface area contributed by atoms with Crippen LogP contribution in [0.3, 0.4) is 0 Å². The van der Waals surface area contributed by atoms with Gasteiger partial charge in [0.05, 0.1) is 16.9 Å². The third-order valence-corrected chi connectivity index (χ3v) is 8.19. The molecule has 1 amide bonds. The summed E-state index contributed by atoms with van der Waals surface area (Å²) in [7, 11) is 0. The Morgan fingerprint density at radius 1 is 0.795 bits per heavy atom. The molecular formula is C33H27ClF2N2O. The summed E-state index contributed by atoms with van der Waals surface area (Å²) in [5, 5.41) is 10.6. The Kier molecular flexibility index (Phi) is 7.50. The van der Waals surface area contributed by atoms with E-state index in [9.17, 15) is 18.8 Å². The predicted octanol–water partition coefficient (Wildman–Crippen LogP) is 7.43. The Hall–Kier alpha value is -4.01. The van der Waals surface area contributed by atoms with E-state index in [-0.39, 0.29) is 24.0 Å². The Morgan fingerprint density at radius 3 is 1.72 bits per heavy atom. The van der Waals surface area contributed by atoms with Crippen LogP contribution in [0.2, 0.25) is 5.02 Å². The largest absolute Gasteiger partial charge is 0.343 e. The summed E-state index contributed by atoms with van der Waals surface area (Å²) in [6, 6.07) is 31.6. The van der Waals surface area contributed by atoms with E-state index in [4.69, 9.17) is 11.6 Å². The van der Waals surface area contributed by atoms with Crippen LogP contribution >= 0.6 is 11.6 Å². The minimum absolute atomic E-state index is 0.0385. The average Bonchev–Trinajstić information content (AvgIpc) is 2.98. The van der Waals surface area contributed by atoms with E-state index in [0.717, 1.165) is 11.1 Å². The summed E-state index contributed by atoms with van der Waals surface area (Å²) >= 11 is 6.21. The zero-order valence-corrected chi connectivity index (χ0v) is 22.0. The zero-order valence-electron chi connectivity index (χ0n) is 21.3. The second kappa shape index (κ2) is 11.0. The number of hydrogen-bond donors (Lipinski definition) is 0. The molecule has 1 saturated heterocycles. The van der Waals surface area contributed by atoms with Gasteiger partial charge in [0.15, 0.2) is 0 Å². The number of carbonyl (C=O) groups is 1. The smallest absolute Gasteiger partial charge is 0.224 e. The molecule has 4 aromatic rings. The highest BCUT2D eigenvalue weighted by molar-refractivity contribution is 6.30. The van der Waals surface area contributed by atoms with Gasteiger partial charge in [-0.2, -0.15) is 5.26 Å². The molecule has 1 aliphatic heterocycles. The molecule has 0 radical (unpaired) electrons. The van der Waals surface area contributed by atoms with Crippen molar-refractivity contribution in [3.63, 3.8) is 0 Å². The lowest BCUT2D eigenvalue weighted by molar-refractivity contribution is -0.133. The van der Waals surface area contributed by atoms with E-state index in [1.54, 1.807) is 41.3 Å². The van der Waals surface area contributed by atoms with Crippen LogP contribution in [0.5, 0.6) is 0 Å². The van der Waals surface area contributed by atoms with Crippen molar-refractivity contribution in [2.24, 2.45) is 0 Å². The standard InChI is InChI=1S/C33H27ClF2N2O/c34-28-12-6-25(7-13-28)33(26-8-14-29(35)15-9-26,27-10-16-30(36)17-11-27)22-31(39)38-20-18-32(23-37,19-21-38)24-4-2-1-3-5-24/h1-17H,18-22H2. The average molecular weight is 541 g/mol. The van der Waals surface area contributed by atoms with Gasteiger partial charge in [-0.3, -0.25) is 4.79 Å². The molecule has 0 spiro atoms. The molecule has 0 aliphatic carbocycles. The summed E-state index contributed by atoms with van der Waals surface area (Å²) in [5.74, 6) is -0.879. The molecule has 0 bridgehead atoms. The monoisotopic (exact) mass is 540 g/mol. The third kappa shape index (κ3) is 5.17. The van der Waals surface area contributed by atoms with Gasteiger partial charge < -0.3 is 4.90 Å². The molecule has 6 heteroatoms. The number of halogens is 3. The van der Waals surface area contributed by atoms with Gasteiger partial charge in [-0.15, -0.1) is 0 Å². The lowest BCUT2D eigenvalue weighted by Gasteiger charge is -2.41. The second-order valence-electron chi connectivity index (χ2n) is 10.0. The fourth-order valence-electron chi connectivity index (χ4n) is 5.71. The van der Waals surface area contributed by atoms with E-state index in [0.29, 0.717) is 42.1 Å². The molecular weight excluding hydrogens is 514 g/mol. The normalized spacial score (nSPS) is 15.0. The van der Waals surface area contributed by atoms with E-state index < -0.39 is 10.8 Å². The Labute approximate surface area is 232 Å².